The summed E-state index contributed by atoms with van der Waals surface area (Å²) in [6.07, 6.45) is 1.66. The lowest BCUT2D eigenvalue weighted by Gasteiger charge is -2.35. The molecule has 0 aliphatic carbocycles. The Hall–Kier alpha value is -2.69. The van der Waals surface area contributed by atoms with Gasteiger partial charge in [-0.2, -0.15) is 5.26 Å². The van der Waals surface area contributed by atoms with Crippen molar-refractivity contribution in [1.82, 2.24) is 4.98 Å². The first-order chi connectivity index (χ1) is 9.92. The number of pyridine rings is 1. The summed E-state index contributed by atoms with van der Waals surface area (Å²) < 4.78 is 0. The quantitative estimate of drug-likeness (QED) is 0.659. The van der Waals surface area contributed by atoms with E-state index in [1.165, 1.54) is 0 Å². The van der Waals surface area contributed by atoms with Gasteiger partial charge < -0.3 is 10.0 Å². The van der Waals surface area contributed by atoms with Crippen molar-refractivity contribution in [1.29, 1.82) is 5.26 Å². The van der Waals surface area contributed by atoms with Crippen LogP contribution in [0.5, 0.6) is 0 Å². The van der Waals surface area contributed by atoms with Crippen LogP contribution in [0, 0.1) is 33.3 Å². The molecule has 8 nitrogen and oxygen atoms in total. The molecule has 0 saturated carbocycles. The molecule has 0 amide bonds. The Morgan fingerprint density at radius 2 is 2.33 bits per heavy atom. The average Bonchev–Trinajstić information content (AvgIpc) is 2.45. The lowest BCUT2D eigenvalue weighted by Crippen LogP contribution is -2.43. The Bertz CT molecular complexity index is 625. The number of hydrogen-bond acceptors (Lipinski definition) is 6. The summed E-state index contributed by atoms with van der Waals surface area (Å²) >= 11 is 0. The normalized spacial score (nSPS) is 21.6. The SMILES string of the molecule is CC1CC(C(=O)O)CN(c2ncc([N+](=O)[O-])cc2C#N)C1. The van der Waals surface area contributed by atoms with Crippen LogP contribution >= 0.6 is 0 Å². The van der Waals surface area contributed by atoms with Gasteiger partial charge in [0, 0.05) is 19.2 Å². The monoisotopic (exact) mass is 290 g/mol. The van der Waals surface area contributed by atoms with Crippen LogP contribution in [-0.2, 0) is 4.79 Å². The minimum atomic E-state index is -0.882. The van der Waals surface area contributed by atoms with Crippen molar-refractivity contribution in [3.05, 3.63) is 27.9 Å². The maximum absolute atomic E-state index is 11.2. The Morgan fingerprint density at radius 3 is 2.90 bits per heavy atom. The highest BCUT2D eigenvalue weighted by Crippen LogP contribution is 2.29. The first-order valence-electron chi connectivity index (χ1n) is 6.44. The van der Waals surface area contributed by atoms with Gasteiger partial charge in [-0.25, -0.2) is 4.98 Å². The summed E-state index contributed by atoms with van der Waals surface area (Å²) in [6, 6.07) is 3.06. The summed E-state index contributed by atoms with van der Waals surface area (Å²) in [5, 5.41) is 29.0. The smallest absolute Gasteiger partial charge is 0.308 e. The van der Waals surface area contributed by atoms with Crippen LogP contribution in [0.15, 0.2) is 12.3 Å². The van der Waals surface area contributed by atoms with E-state index in [1.807, 2.05) is 13.0 Å². The molecule has 2 rings (SSSR count). The van der Waals surface area contributed by atoms with Gasteiger partial charge in [-0.05, 0) is 12.3 Å². The molecule has 2 atom stereocenters. The Kier molecular flexibility index (Phi) is 4.03. The molecule has 2 unspecified atom stereocenters. The first kappa shape index (κ1) is 14.7. The van der Waals surface area contributed by atoms with E-state index in [-0.39, 0.29) is 23.7 Å². The van der Waals surface area contributed by atoms with Crippen LogP contribution in [0.4, 0.5) is 11.5 Å². The highest BCUT2D eigenvalue weighted by Gasteiger charge is 2.31. The number of rotatable bonds is 3. The van der Waals surface area contributed by atoms with E-state index in [1.54, 1.807) is 4.90 Å². The van der Waals surface area contributed by atoms with E-state index >= 15 is 0 Å². The van der Waals surface area contributed by atoms with Crippen molar-refractivity contribution in [3.63, 3.8) is 0 Å². The van der Waals surface area contributed by atoms with Gasteiger partial charge in [0.2, 0.25) is 0 Å². The Balaban J connectivity index is 2.34. The molecular formula is C13H14N4O4. The number of anilines is 1. The molecule has 21 heavy (non-hydrogen) atoms. The molecule has 2 heterocycles. The van der Waals surface area contributed by atoms with Gasteiger partial charge in [0.05, 0.1) is 10.8 Å². The van der Waals surface area contributed by atoms with Crippen molar-refractivity contribution >= 4 is 17.5 Å². The molecule has 0 aromatic carbocycles. The van der Waals surface area contributed by atoms with Crippen molar-refractivity contribution < 1.29 is 14.8 Å². The summed E-state index contributed by atoms with van der Waals surface area (Å²) in [6.45, 7) is 2.75. The number of nitro groups is 1. The topological polar surface area (TPSA) is 120 Å². The molecule has 110 valence electrons. The molecule has 0 spiro atoms. The van der Waals surface area contributed by atoms with E-state index in [2.05, 4.69) is 4.98 Å². The van der Waals surface area contributed by atoms with Gasteiger partial charge in [0.25, 0.3) is 5.69 Å². The van der Waals surface area contributed by atoms with Gasteiger partial charge in [0.1, 0.15) is 23.6 Å². The fourth-order valence-corrected chi connectivity index (χ4v) is 2.58. The molecule has 1 aromatic heterocycles. The summed E-state index contributed by atoms with van der Waals surface area (Å²) in [5.41, 5.74) is -0.169. The van der Waals surface area contributed by atoms with Crippen LogP contribution in [-0.4, -0.2) is 34.1 Å². The molecule has 1 aliphatic rings. The van der Waals surface area contributed by atoms with Gasteiger partial charge in [-0.1, -0.05) is 6.92 Å². The Labute approximate surface area is 120 Å². The third-order valence-electron chi connectivity index (χ3n) is 3.49. The molecule has 1 fully saturated rings. The van der Waals surface area contributed by atoms with Crippen LogP contribution in [0.1, 0.15) is 18.9 Å². The largest absolute Gasteiger partial charge is 0.481 e. The number of carboxylic acids is 1. The zero-order valence-electron chi connectivity index (χ0n) is 11.4. The Morgan fingerprint density at radius 1 is 1.62 bits per heavy atom. The summed E-state index contributed by atoms with van der Waals surface area (Å²) in [4.78, 5) is 27.0. The molecule has 1 saturated heterocycles. The summed E-state index contributed by atoms with van der Waals surface area (Å²) in [7, 11) is 0. The predicted molar refractivity (Wildman–Crippen MR) is 72.7 cm³/mol. The molecule has 8 heteroatoms. The van der Waals surface area contributed by atoms with Gasteiger partial charge in [0.15, 0.2) is 0 Å². The first-order valence-corrected chi connectivity index (χ1v) is 6.44. The lowest BCUT2D eigenvalue weighted by molar-refractivity contribution is -0.385. The molecular weight excluding hydrogens is 276 g/mol. The molecule has 1 aromatic rings. The van der Waals surface area contributed by atoms with E-state index in [0.717, 1.165) is 12.3 Å². The average molecular weight is 290 g/mol. The number of piperidine rings is 1. The fraction of sp³-hybridized carbons (Fsp3) is 0.462. The minimum absolute atomic E-state index is 0.0856. The van der Waals surface area contributed by atoms with Crippen LogP contribution in [0.3, 0.4) is 0 Å². The van der Waals surface area contributed by atoms with Crippen molar-refractivity contribution in [2.45, 2.75) is 13.3 Å². The predicted octanol–water partition coefficient (Wildman–Crippen LogP) is 1.41. The second-order valence-electron chi connectivity index (χ2n) is 5.21. The number of carbonyl (C=O) groups is 1. The molecule has 1 N–H and O–H groups in total. The van der Waals surface area contributed by atoms with Gasteiger partial charge in [-0.15, -0.1) is 0 Å². The van der Waals surface area contributed by atoms with E-state index in [4.69, 9.17) is 10.4 Å². The number of hydrogen-bond donors (Lipinski definition) is 1. The number of aliphatic carboxylic acids is 1. The number of aromatic nitrogens is 1. The van der Waals surface area contributed by atoms with Crippen molar-refractivity contribution in [2.75, 3.05) is 18.0 Å². The number of nitrogens with zero attached hydrogens (tertiary/aromatic N) is 4. The third kappa shape index (κ3) is 3.08. The second-order valence-corrected chi connectivity index (χ2v) is 5.21. The van der Waals surface area contributed by atoms with Gasteiger partial charge >= 0.3 is 5.97 Å². The van der Waals surface area contributed by atoms with Crippen molar-refractivity contribution in [3.8, 4) is 6.07 Å². The zero-order chi connectivity index (χ0) is 15.6. The van der Waals surface area contributed by atoms with E-state index < -0.39 is 16.8 Å². The maximum Gasteiger partial charge on any atom is 0.308 e. The second kappa shape index (κ2) is 5.75. The molecule has 0 radical (unpaired) electrons. The van der Waals surface area contributed by atoms with Gasteiger partial charge in [-0.3, -0.25) is 14.9 Å². The third-order valence-corrected chi connectivity index (χ3v) is 3.49. The van der Waals surface area contributed by atoms with Crippen LogP contribution < -0.4 is 4.90 Å². The van der Waals surface area contributed by atoms with E-state index in [9.17, 15) is 14.9 Å². The molecule has 0 bridgehead atoms. The van der Waals surface area contributed by atoms with Crippen LogP contribution in [0.2, 0.25) is 0 Å². The minimum Gasteiger partial charge on any atom is -0.481 e. The van der Waals surface area contributed by atoms with Crippen molar-refractivity contribution in [2.24, 2.45) is 11.8 Å². The summed E-state index contributed by atoms with van der Waals surface area (Å²) in [5.74, 6) is -0.964. The lowest BCUT2D eigenvalue weighted by atomic mass is 9.90. The van der Waals surface area contributed by atoms with Crippen LogP contribution in [0.25, 0.3) is 0 Å². The highest BCUT2D eigenvalue weighted by atomic mass is 16.6. The fourth-order valence-electron chi connectivity index (χ4n) is 2.58. The zero-order valence-corrected chi connectivity index (χ0v) is 11.4. The molecule has 1 aliphatic heterocycles. The standard InChI is InChI=1S/C13H14N4O4/c1-8-2-10(13(18)19)7-16(6-8)12-9(4-14)3-11(5-15-12)17(20)21/h3,5,8,10H,2,6-7H2,1H3,(H,18,19). The number of carboxylic acid groups (broad SMARTS) is 1. The number of nitriles is 1. The highest BCUT2D eigenvalue weighted by molar-refractivity contribution is 5.71. The maximum atomic E-state index is 11.2. The van der Waals surface area contributed by atoms with E-state index in [0.29, 0.717) is 18.8 Å².